The Labute approximate surface area is 100 Å². The number of rotatable bonds is 4. The van der Waals surface area contributed by atoms with E-state index in [1.165, 1.54) is 18.2 Å². The number of halogens is 1. The molecule has 0 unspecified atom stereocenters. The van der Waals surface area contributed by atoms with Crippen LogP contribution in [0, 0.1) is 6.92 Å². The van der Waals surface area contributed by atoms with Gasteiger partial charge in [-0.1, -0.05) is 17.7 Å². The zero-order valence-corrected chi connectivity index (χ0v) is 10.4. The first kappa shape index (κ1) is 13.0. The quantitative estimate of drug-likeness (QED) is 0.639. The fraction of sp³-hybridized carbons (Fsp3) is 0.200. The summed E-state index contributed by atoms with van der Waals surface area (Å²) in [7, 11) is -3.57. The van der Waals surface area contributed by atoms with Gasteiger partial charge in [0.2, 0.25) is 10.0 Å². The van der Waals surface area contributed by atoms with E-state index in [4.69, 9.17) is 17.3 Å². The first-order chi connectivity index (χ1) is 7.38. The van der Waals surface area contributed by atoms with Gasteiger partial charge in [-0.2, -0.15) is 0 Å². The average Bonchev–Trinajstić information content (AvgIpc) is 2.22. The Bertz CT molecular complexity index is 489. The molecule has 1 aromatic rings. The molecule has 6 heteroatoms. The molecule has 0 aromatic heterocycles. The third-order valence-corrected chi connectivity index (χ3v) is 3.88. The lowest BCUT2D eigenvalue weighted by molar-refractivity contribution is 0.585. The Hall–Kier alpha value is -1.04. The van der Waals surface area contributed by atoms with Gasteiger partial charge in [-0.3, -0.25) is 0 Å². The van der Waals surface area contributed by atoms with Crippen LogP contribution in [0.3, 0.4) is 0 Å². The fourth-order valence-corrected chi connectivity index (χ4v) is 2.43. The lowest BCUT2D eigenvalue weighted by Gasteiger charge is -2.08. The van der Waals surface area contributed by atoms with E-state index in [2.05, 4.69) is 11.3 Å². The lowest BCUT2D eigenvalue weighted by atomic mass is 10.2. The summed E-state index contributed by atoms with van der Waals surface area (Å²) in [5, 5.41) is 0.332. The first-order valence-electron chi connectivity index (χ1n) is 4.54. The number of hydrogen-bond acceptors (Lipinski definition) is 3. The second-order valence-electron chi connectivity index (χ2n) is 3.26. The molecule has 0 saturated carbocycles. The van der Waals surface area contributed by atoms with Crippen molar-refractivity contribution < 1.29 is 8.42 Å². The molecular weight excluding hydrogens is 248 g/mol. The number of hydrogen-bond donors (Lipinski definition) is 2. The van der Waals surface area contributed by atoms with Gasteiger partial charge in [0.1, 0.15) is 0 Å². The Morgan fingerprint density at radius 2 is 2.19 bits per heavy atom. The molecule has 3 N–H and O–H groups in total. The lowest BCUT2D eigenvalue weighted by Crippen LogP contribution is -2.23. The van der Waals surface area contributed by atoms with E-state index in [9.17, 15) is 8.42 Å². The Morgan fingerprint density at radius 3 is 2.69 bits per heavy atom. The highest BCUT2D eigenvalue weighted by Crippen LogP contribution is 2.25. The molecule has 1 aromatic carbocycles. The largest absolute Gasteiger partial charge is 0.398 e. The van der Waals surface area contributed by atoms with Crippen molar-refractivity contribution in [3.8, 4) is 0 Å². The van der Waals surface area contributed by atoms with Crippen molar-refractivity contribution in [2.75, 3.05) is 12.3 Å². The van der Waals surface area contributed by atoms with Crippen LogP contribution in [-0.4, -0.2) is 15.0 Å². The summed E-state index contributed by atoms with van der Waals surface area (Å²) in [6.45, 7) is 5.32. The van der Waals surface area contributed by atoms with Crippen molar-refractivity contribution >= 4 is 27.3 Å². The first-order valence-corrected chi connectivity index (χ1v) is 6.41. The Balaban J connectivity index is 3.19. The molecule has 0 bridgehead atoms. The topological polar surface area (TPSA) is 72.2 Å². The van der Waals surface area contributed by atoms with Crippen LogP contribution < -0.4 is 10.5 Å². The molecule has 0 spiro atoms. The van der Waals surface area contributed by atoms with E-state index >= 15 is 0 Å². The molecule has 0 aliphatic heterocycles. The smallest absolute Gasteiger partial charge is 0.240 e. The van der Waals surface area contributed by atoms with Gasteiger partial charge in [-0.15, -0.1) is 6.58 Å². The third-order valence-electron chi connectivity index (χ3n) is 2.09. The predicted octanol–water partition coefficient (Wildman–Crippen LogP) is 1.69. The molecule has 0 atom stereocenters. The van der Waals surface area contributed by atoms with Gasteiger partial charge in [0.15, 0.2) is 0 Å². The molecule has 0 radical (unpaired) electrons. The van der Waals surface area contributed by atoms with Gasteiger partial charge in [0, 0.05) is 17.3 Å². The number of benzene rings is 1. The van der Waals surface area contributed by atoms with E-state index in [-0.39, 0.29) is 11.4 Å². The van der Waals surface area contributed by atoms with Crippen molar-refractivity contribution in [1.82, 2.24) is 4.72 Å². The summed E-state index contributed by atoms with van der Waals surface area (Å²) in [5.74, 6) is 0. The van der Waals surface area contributed by atoms with E-state index in [0.29, 0.717) is 16.3 Å². The molecule has 0 saturated heterocycles. The molecule has 0 aliphatic rings. The van der Waals surface area contributed by atoms with Crippen molar-refractivity contribution in [3.63, 3.8) is 0 Å². The zero-order valence-electron chi connectivity index (χ0n) is 8.83. The van der Waals surface area contributed by atoms with Crippen LogP contribution in [0.1, 0.15) is 5.56 Å². The van der Waals surface area contributed by atoms with E-state index in [1.54, 1.807) is 6.92 Å². The van der Waals surface area contributed by atoms with Gasteiger partial charge < -0.3 is 5.73 Å². The summed E-state index contributed by atoms with van der Waals surface area (Å²) in [5.41, 5.74) is 6.67. The standard InChI is InChI=1S/C10H13ClN2O2S/c1-3-4-13-16(14,15)8-5-9(11)7(2)10(12)6-8/h3,5-6,13H,1,4,12H2,2H3. The minimum atomic E-state index is -3.57. The van der Waals surface area contributed by atoms with Gasteiger partial charge in [-0.05, 0) is 24.6 Å². The monoisotopic (exact) mass is 260 g/mol. The highest BCUT2D eigenvalue weighted by molar-refractivity contribution is 7.89. The van der Waals surface area contributed by atoms with Crippen LogP contribution in [0.2, 0.25) is 5.02 Å². The van der Waals surface area contributed by atoms with Crippen molar-refractivity contribution in [1.29, 1.82) is 0 Å². The summed E-state index contributed by atoms with van der Waals surface area (Å²) in [6, 6.07) is 2.76. The Kier molecular flexibility index (Phi) is 3.96. The SMILES string of the molecule is C=CCNS(=O)(=O)c1cc(N)c(C)c(Cl)c1. The van der Waals surface area contributed by atoms with Crippen molar-refractivity contribution in [2.45, 2.75) is 11.8 Å². The average molecular weight is 261 g/mol. The molecule has 4 nitrogen and oxygen atoms in total. The summed E-state index contributed by atoms with van der Waals surface area (Å²) in [6.07, 6.45) is 1.46. The normalized spacial score (nSPS) is 11.4. The number of nitrogen functional groups attached to an aromatic ring is 1. The highest BCUT2D eigenvalue weighted by Gasteiger charge is 2.15. The van der Waals surface area contributed by atoms with Crippen molar-refractivity contribution in [2.24, 2.45) is 0 Å². The highest BCUT2D eigenvalue weighted by atomic mass is 35.5. The second-order valence-corrected chi connectivity index (χ2v) is 5.43. The van der Waals surface area contributed by atoms with E-state index in [1.807, 2.05) is 0 Å². The summed E-state index contributed by atoms with van der Waals surface area (Å²) >= 11 is 5.87. The van der Waals surface area contributed by atoms with Crippen LogP contribution in [-0.2, 0) is 10.0 Å². The molecule has 0 aliphatic carbocycles. The van der Waals surface area contributed by atoms with Gasteiger partial charge in [0.25, 0.3) is 0 Å². The van der Waals surface area contributed by atoms with Crippen LogP contribution >= 0.6 is 11.6 Å². The number of nitrogens with two attached hydrogens (primary N) is 1. The van der Waals surface area contributed by atoms with Crippen molar-refractivity contribution in [3.05, 3.63) is 35.4 Å². The fourth-order valence-electron chi connectivity index (χ4n) is 1.08. The molecule has 1 rings (SSSR count). The van der Waals surface area contributed by atoms with Crippen LogP contribution in [0.5, 0.6) is 0 Å². The molecule has 16 heavy (non-hydrogen) atoms. The van der Waals surface area contributed by atoms with Gasteiger partial charge >= 0.3 is 0 Å². The number of nitrogens with one attached hydrogen (secondary N) is 1. The van der Waals surface area contributed by atoms with Crippen LogP contribution in [0.15, 0.2) is 29.7 Å². The molecule has 0 heterocycles. The maximum atomic E-state index is 11.7. The van der Waals surface area contributed by atoms with Crippen LogP contribution in [0.25, 0.3) is 0 Å². The summed E-state index contributed by atoms with van der Waals surface area (Å²) in [4.78, 5) is 0.0578. The van der Waals surface area contributed by atoms with Gasteiger partial charge in [0.05, 0.1) is 4.90 Å². The molecule has 88 valence electrons. The maximum absolute atomic E-state index is 11.7. The van der Waals surface area contributed by atoms with Gasteiger partial charge in [-0.25, -0.2) is 13.1 Å². The van der Waals surface area contributed by atoms with E-state index in [0.717, 1.165) is 0 Å². The number of anilines is 1. The predicted molar refractivity (Wildman–Crippen MR) is 66.0 cm³/mol. The zero-order chi connectivity index (χ0) is 12.3. The second kappa shape index (κ2) is 4.86. The van der Waals surface area contributed by atoms with E-state index < -0.39 is 10.0 Å². The number of sulfonamides is 1. The molecule has 0 fully saturated rings. The summed E-state index contributed by atoms with van der Waals surface area (Å²) < 4.78 is 25.8. The third kappa shape index (κ3) is 2.75. The maximum Gasteiger partial charge on any atom is 0.240 e. The Morgan fingerprint density at radius 1 is 1.56 bits per heavy atom. The molecular formula is C10H13ClN2O2S. The molecule has 0 amide bonds. The minimum absolute atomic E-state index is 0.0578. The minimum Gasteiger partial charge on any atom is -0.398 e. The van der Waals surface area contributed by atoms with Crippen LogP contribution in [0.4, 0.5) is 5.69 Å².